The number of aromatic nitrogens is 3. The minimum absolute atomic E-state index is 0.171. The minimum Gasteiger partial charge on any atom is -0.474 e. The number of pyridine rings is 1. The molecule has 0 atom stereocenters. The summed E-state index contributed by atoms with van der Waals surface area (Å²) in [5.41, 5.74) is 7.26. The molecule has 4 heterocycles. The monoisotopic (exact) mass is 397 g/mol. The van der Waals surface area contributed by atoms with Crippen LogP contribution in [-0.2, 0) is 11.3 Å². The predicted octanol–water partition coefficient (Wildman–Crippen LogP) is 1.07. The van der Waals surface area contributed by atoms with Crippen molar-refractivity contribution in [2.45, 2.75) is 25.5 Å². The summed E-state index contributed by atoms with van der Waals surface area (Å²) in [5.74, 6) is 1.96. The zero-order valence-corrected chi connectivity index (χ0v) is 16.5. The fraction of sp³-hybridized carbons (Fsp3) is 0.500. The van der Waals surface area contributed by atoms with Gasteiger partial charge in [0.1, 0.15) is 6.10 Å². The van der Waals surface area contributed by atoms with Crippen LogP contribution in [0.5, 0.6) is 5.88 Å². The number of ether oxygens (including phenoxy) is 2. The van der Waals surface area contributed by atoms with E-state index in [-0.39, 0.29) is 6.10 Å². The zero-order chi connectivity index (χ0) is 19.9. The van der Waals surface area contributed by atoms with E-state index in [0.29, 0.717) is 18.4 Å². The van der Waals surface area contributed by atoms with E-state index in [1.807, 2.05) is 18.2 Å². The first-order valence-electron chi connectivity index (χ1n) is 10.0. The lowest BCUT2D eigenvalue weighted by Crippen LogP contribution is -2.51. The third-order valence-corrected chi connectivity index (χ3v) is 5.12. The molecule has 0 spiro atoms. The van der Waals surface area contributed by atoms with Crippen LogP contribution in [0, 0.1) is 0 Å². The molecule has 2 aliphatic rings. The number of aliphatic imine (C=N–C) groups is 1. The van der Waals surface area contributed by atoms with E-state index < -0.39 is 0 Å². The van der Waals surface area contributed by atoms with Crippen LogP contribution in [0.4, 0.5) is 5.95 Å². The molecule has 0 saturated carbocycles. The van der Waals surface area contributed by atoms with Crippen molar-refractivity contribution in [1.82, 2.24) is 19.9 Å². The molecule has 2 aromatic rings. The van der Waals surface area contributed by atoms with Crippen molar-refractivity contribution in [2.75, 3.05) is 44.3 Å². The highest BCUT2D eigenvalue weighted by Gasteiger charge is 2.20. The standard InChI is InChI=1S/C20H27N7O2/c21-19(26-8-10-27(11-9-26)20-23-5-1-6-24-20)25-15-16-2-7-22-18(14-16)29-17-3-12-28-13-4-17/h1-2,5-7,14,17H,3-4,8-13,15H2,(H2,21,25). The first kappa shape index (κ1) is 19.4. The minimum atomic E-state index is 0.171. The van der Waals surface area contributed by atoms with Crippen molar-refractivity contribution >= 4 is 11.9 Å². The van der Waals surface area contributed by atoms with Gasteiger partial charge in [-0.1, -0.05) is 0 Å². The molecule has 2 aliphatic heterocycles. The lowest BCUT2D eigenvalue weighted by atomic mass is 10.1. The molecule has 0 aliphatic carbocycles. The number of nitrogens with two attached hydrogens (primary N) is 1. The fourth-order valence-corrected chi connectivity index (χ4v) is 3.44. The second-order valence-electron chi connectivity index (χ2n) is 7.13. The maximum absolute atomic E-state index is 6.23. The highest BCUT2D eigenvalue weighted by atomic mass is 16.5. The lowest BCUT2D eigenvalue weighted by molar-refractivity contribution is 0.0237. The topological polar surface area (TPSA) is 102 Å². The Morgan fingerprint density at radius 3 is 2.62 bits per heavy atom. The van der Waals surface area contributed by atoms with Gasteiger partial charge in [-0.3, -0.25) is 0 Å². The van der Waals surface area contributed by atoms with Crippen LogP contribution in [0.25, 0.3) is 0 Å². The fourth-order valence-electron chi connectivity index (χ4n) is 3.44. The first-order valence-corrected chi connectivity index (χ1v) is 10.0. The van der Waals surface area contributed by atoms with Crippen LogP contribution in [0.3, 0.4) is 0 Å². The van der Waals surface area contributed by atoms with Crippen LogP contribution in [-0.4, -0.2) is 71.3 Å². The first-order chi connectivity index (χ1) is 14.3. The molecule has 4 rings (SSSR count). The van der Waals surface area contributed by atoms with E-state index in [4.69, 9.17) is 15.2 Å². The van der Waals surface area contributed by atoms with E-state index in [2.05, 4.69) is 29.7 Å². The molecule has 0 amide bonds. The highest BCUT2D eigenvalue weighted by molar-refractivity contribution is 5.78. The Kier molecular flexibility index (Phi) is 6.35. The summed E-state index contributed by atoms with van der Waals surface area (Å²) >= 11 is 0. The van der Waals surface area contributed by atoms with Crippen molar-refractivity contribution < 1.29 is 9.47 Å². The van der Waals surface area contributed by atoms with Gasteiger partial charge in [0.2, 0.25) is 11.8 Å². The molecule has 29 heavy (non-hydrogen) atoms. The average molecular weight is 397 g/mol. The van der Waals surface area contributed by atoms with Crippen molar-refractivity contribution in [3.05, 3.63) is 42.4 Å². The third kappa shape index (κ3) is 5.32. The van der Waals surface area contributed by atoms with E-state index in [1.54, 1.807) is 18.6 Å². The molecule has 0 unspecified atom stereocenters. The predicted molar refractivity (Wildman–Crippen MR) is 110 cm³/mol. The molecule has 2 saturated heterocycles. The summed E-state index contributed by atoms with van der Waals surface area (Å²) < 4.78 is 11.3. The number of anilines is 1. The summed E-state index contributed by atoms with van der Waals surface area (Å²) in [6.45, 7) is 5.21. The van der Waals surface area contributed by atoms with Gasteiger partial charge in [-0.05, 0) is 17.7 Å². The van der Waals surface area contributed by atoms with Crippen LogP contribution in [0.2, 0.25) is 0 Å². The molecule has 154 valence electrons. The van der Waals surface area contributed by atoms with E-state index in [9.17, 15) is 0 Å². The number of rotatable bonds is 5. The maximum Gasteiger partial charge on any atom is 0.225 e. The molecular weight excluding hydrogens is 370 g/mol. The summed E-state index contributed by atoms with van der Waals surface area (Å²) in [6.07, 6.45) is 7.26. The number of hydrogen-bond acceptors (Lipinski definition) is 7. The van der Waals surface area contributed by atoms with Gasteiger partial charge in [-0.2, -0.15) is 0 Å². The van der Waals surface area contributed by atoms with Gasteiger partial charge < -0.3 is 25.0 Å². The summed E-state index contributed by atoms with van der Waals surface area (Å²) in [7, 11) is 0. The van der Waals surface area contributed by atoms with Crippen LogP contribution < -0.4 is 15.4 Å². The van der Waals surface area contributed by atoms with Crippen LogP contribution >= 0.6 is 0 Å². The molecule has 2 N–H and O–H groups in total. The lowest BCUT2D eigenvalue weighted by Gasteiger charge is -2.35. The van der Waals surface area contributed by atoms with Gasteiger partial charge in [0.25, 0.3) is 0 Å². The van der Waals surface area contributed by atoms with Gasteiger partial charge >= 0.3 is 0 Å². The molecule has 2 aromatic heterocycles. The Labute approximate surface area is 170 Å². The SMILES string of the molecule is NC(=NCc1ccnc(OC2CCOCC2)c1)N1CCN(c2ncccn2)CC1. The normalized spacial score (nSPS) is 18.7. The van der Waals surface area contributed by atoms with E-state index in [1.165, 1.54) is 0 Å². The number of piperazine rings is 1. The molecule has 9 nitrogen and oxygen atoms in total. The number of nitrogens with zero attached hydrogens (tertiary/aromatic N) is 6. The Balaban J connectivity index is 1.29. The Morgan fingerprint density at radius 1 is 1.10 bits per heavy atom. The average Bonchev–Trinajstić information content (AvgIpc) is 2.79. The quantitative estimate of drug-likeness (QED) is 0.590. The second kappa shape index (κ2) is 9.51. The van der Waals surface area contributed by atoms with Gasteiger partial charge in [-0.25, -0.2) is 19.9 Å². The van der Waals surface area contributed by atoms with Crippen LogP contribution in [0.15, 0.2) is 41.8 Å². The van der Waals surface area contributed by atoms with Gasteiger partial charge in [0.05, 0.1) is 19.8 Å². The molecular formula is C20H27N7O2. The summed E-state index contributed by atoms with van der Waals surface area (Å²) in [4.78, 5) is 21.8. The van der Waals surface area contributed by atoms with Crippen molar-refractivity contribution in [1.29, 1.82) is 0 Å². The van der Waals surface area contributed by atoms with Crippen molar-refractivity contribution in [2.24, 2.45) is 10.7 Å². The Hall–Kier alpha value is -2.94. The van der Waals surface area contributed by atoms with Gasteiger partial charge in [0.15, 0.2) is 5.96 Å². The number of guanidine groups is 1. The van der Waals surface area contributed by atoms with Crippen LogP contribution in [0.1, 0.15) is 18.4 Å². The molecule has 0 bridgehead atoms. The Morgan fingerprint density at radius 2 is 1.86 bits per heavy atom. The van der Waals surface area contributed by atoms with E-state index in [0.717, 1.165) is 63.7 Å². The second-order valence-corrected chi connectivity index (χ2v) is 7.13. The Bertz CT molecular complexity index is 803. The molecule has 9 heteroatoms. The third-order valence-electron chi connectivity index (χ3n) is 5.12. The number of hydrogen-bond donors (Lipinski definition) is 1. The highest BCUT2D eigenvalue weighted by Crippen LogP contribution is 2.17. The summed E-state index contributed by atoms with van der Waals surface area (Å²) in [6, 6.07) is 5.71. The van der Waals surface area contributed by atoms with E-state index >= 15 is 0 Å². The molecule has 0 aromatic carbocycles. The zero-order valence-electron chi connectivity index (χ0n) is 16.5. The molecule has 0 radical (unpaired) electrons. The van der Waals surface area contributed by atoms with Gasteiger partial charge in [0, 0.05) is 63.7 Å². The largest absolute Gasteiger partial charge is 0.474 e. The summed E-state index contributed by atoms with van der Waals surface area (Å²) in [5, 5.41) is 0. The maximum atomic E-state index is 6.23. The van der Waals surface area contributed by atoms with Crippen molar-refractivity contribution in [3.8, 4) is 5.88 Å². The van der Waals surface area contributed by atoms with Crippen molar-refractivity contribution in [3.63, 3.8) is 0 Å². The van der Waals surface area contributed by atoms with Gasteiger partial charge in [-0.15, -0.1) is 0 Å². The smallest absolute Gasteiger partial charge is 0.225 e. The molecule has 2 fully saturated rings.